The van der Waals surface area contributed by atoms with Gasteiger partial charge in [0.2, 0.25) is 5.82 Å². The maximum Gasteiger partial charge on any atom is 0.491 e. The number of hydrogen-bond acceptors (Lipinski definition) is 3. The highest BCUT2D eigenvalue weighted by molar-refractivity contribution is 6.58. The minimum Gasteiger partial charge on any atom is -0.462 e. The molecule has 0 atom stereocenters. The minimum absolute atomic E-state index is 0.310. The predicted molar refractivity (Wildman–Crippen MR) is 51.6 cm³/mol. The summed E-state index contributed by atoms with van der Waals surface area (Å²) in [5.74, 6) is -2.89. The molecule has 1 aromatic carbocycles. The van der Waals surface area contributed by atoms with Gasteiger partial charge in [0, 0.05) is 5.46 Å². The first-order chi connectivity index (χ1) is 7.07. The highest BCUT2D eigenvalue weighted by Gasteiger charge is 2.21. The highest BCUT2D eigenvalue weighted by Crippen LogP contribution is 2.18. The minimum atomic E-state index is -2.05. The quantitative estimate of drug-likeness (QED) is 0.570. The van der Waals surface area contributed by atoms with Gasteiger partial charge < -0.3 is 14.8 Å². The maximum atomic E-state index is 13.2. The van der Waals surface area contributed by atoms with E-state index in [4.69, 9.17) is 14.8 Å². The van der Waals surface area contributed by atoms with Crippen LogP contribution in [-0.4, -0.2) is 17.2 Å². The second-order valence-corrected chi connectivity index (χ2v) is 2.74. The molecule has 80 valence electrons. The predicted octanol–water partition coefficient (Wildman–Crippen LogP) is 0.557. The average Bonchev–Trinajstić information content (AvgIpc) is 2.20. The largest absolute Gasteiger partial charge is 0.491 e. The van der Waals surface area contributed by atoms with Crippen LogP contribution in [0.25, 0.3) is 0 Å². The first kappa shape index (κ1) is 11.7. The molecule has 0 radical (unpaired) electrons. The molecule has 0 unspecified atom stereocenters. The fraction of sp³-hybridized carbons (Fsp3) is 0.111. The lowest BCUT2D eigenvalue weighted by Gasteiger charge is -2.06. The molecule has 0 saturated carbocycles. The smallest absolute Gasteiger partial charge is 0.462 e. The Morgan fingerprint density at radius 1 is 1.27 bits per heavy atom. The van der Waals surface area contributed by atoms with Crippen molar-refractivity contribution in [3.05, 3.63) is 36.1 Å². The molecule has 0 bridgehead atoms. The molecule has 0 aliphatic carbocycles. The summed E-state index contributed by atoms with van der Waals surface area (Å²) in [5, 5.41) is 17.4. The van der Waals surface area contributed by atoms with Crippen LogP contribution < -0.4 is 10.2 Å². The molecule has 1 rings (SSSR count). The van der Waals surface area contributed by atoms with Crippen LogP contribution in [0.15, 0.2) is 24.5 Å². The van der Waals surface area contributed by atoms with Crippen molar-refractivity contribution in [2.75, 3.05) is 0 Å². The van der Waals surface area contributed by atoms with Crippen molar-refractivity contribution >= 4 is 12.6 Å². The first-order valence-corrected chi connectivity index (χ1v) is 4.19. The fourth-order valence-electron chi connectivity index (χ4n) is 0.978. The Bertz CT molecular complexity index is 380. The first-order valence-electron chi connectivity index (χ1n) is 4.19. The van der Waals surface area contributed by atoms with Gasteiger partial charge in [-0.1, -0.05) is 12.1 Å². The van der Waals surface area contributed by atoms with Gasteiger partial charge in [-0.3, -0.25) is 0 Å². The monoisotopic (exact) mass is 214 g/mol. The molecular formula is C9H9BF2O3. The number of allylic oxidation sites excluding steroid dienone is 1. The maximum absolute atomic E-state index is 13.2. The van der Waals surface area contributed by atoms with E-state index in [0.717, 1.165) is 12.1 Å². The zero-order valence-corrected chi connectivity index (χ0v) is 7.95. The van der Waals surface area contributed by atoms with Crippen LogP contribution in [0.2, 0.25) is 0 Å². The lowest BCUT2D eigenvalue weighted by molar-refractivity contribution is 0.405. The number of hydrogen-bond donors (Lipinski definition) is 2. The third kappa shape index (κ3) is 2.54. The van der Waals surface area contributed by atoms with Crippen molar-refractivity contribution in [3.63, 3.8) is 0 Å². The Kier molecular flexibility index (Phi) is 3.82. The van der Waals surface area contributed by atoms with Gasteiger partial charge in [0.1, 0.15) is 0 Å². The van der Waals surface area contributed by atoms with Gasteiger partial charge in [-0.2, -0.15) is 4.39 Å². The average molecular weight is 214 g/mol. The van der Waals surface area contributed by atoms with Gasteiger partial charge in [0.15, 0.2) is 11.6 Å². The topological polar surface area (TPSA) is 49.7 Å². The lowest BCUT2D eigenvalue weighted by atomic mass is 9.80. The summed E-state index contributed by atoms with van der Waals surface area (Å²) in [6.07, 6.45) is 2.69. The van der Waals surface area contributed by atoms with Crippen molar-refractivity contribution < 1.29 is 23.6 Å². The third-order valence-electron chi connectivity index (χ3n) is 1.69. The Balaban J connectivity index is 3.09. The molecule has 0 heterocycles. The van der Waals surface area contributed by atoms with E-state index in [1.807, 2.05) is 0 Å². The highest BCUT2D eigenvalue weighted by atomic mass is 19.2. The van der Waals surface area contributed by atoms with Crippen LogP contribution in [0.1, 0.15) is 6.92 Å². The zero-order chi connectivity index (χ0) is 11.4. The molecule has 0 aliphatic rings. The summed E-state index contributed by atoms with van der Waals surface area (Å²) in [5.41, 5.74) is -0.527. The van der Waals surface area contributed by atoms with Crippen LogP contribution >= 0.6 is 0 Å². The molecule has 0 spiro atoms. The summed E-state index contributed by atoms with van der Waals surface area (Å²) >= 11 is 0. The summed E-state index contributed by atoms with van der Waals surface area (Å²) in [6, 6.07) is 2.16. The van der Waals surface area contributed by atoms with Gasteiger partial charge in [0.25, 0.3) is 0 Å². The van der Waals surface area contributed by atoms with Gasteiger partial charge in [0.05, 0.1) is 6.26 Å². The van der Waals surface area contributed by atoms with E-state index >= 15 is 0 Å². The second-order valence-electron chi connectivity index (χ2n) is 2.74. The van der Waals surface area contributed by atoms with E-state index in [0.29, 0.717) is 0 Å². The number of ether oxygens (including phenoxy) is 1. The molecule has 0 amide bonds. The van der Waals surface area contributed by atoms with Gasteiger partial charge in [-0.15, -0.1) is 0 Å². The van der Waals surface area contributed by atoms with E-state index < -0.39 is 24.2 Å². The number of halogens is 2. The van der Waals surface area contributed by atoms with Gasteiger partial charge >= 0.3 is 7.12 Å². The Morgan fingerprint density at radius 2 is 1.93 bits per heavy atom. The molecule has 1 aromatic rings. The van der Waals surface area contributed by atoms with Crippen molar-refractivity contribution in [1.82, 2.24) is 0 Å². The van der Waals surface area contributed by atoms with Crippen molar-refractivity contribution in [2.45, 2.75) is 6.92 Å². The third-order valence-corrected chi connectivity index (χ3v) is 1.69. The lowest BCUT2D eigenvalue weighted by Crippen LogP contribution is -2.33. The van der Waals surface area contributed by atoms with E-state index in [1.165, 1.54) is 12.3 Å². The standard InChI is InChI=1S/C9H9BF2O3/c1-2-5-15-7-4-3-6(10(13)14)8(11)9(7)12/h2-5,13-14H,1H3. The summed E-state index contributed by atoms with van der Waals surface area (Å²) in [4.78, 5) is 0. The summed E-state index contributed by atoms with van der Waals surface area (Å²) in [6.45, 7) is 1.65. The number of benzene rings is 1. The van der Waals surface area contributed by atoms with Crippen molar-refractivity contribution in [1.29, 1.82) is 0 Å². The van der Waals surface area contributed by atoms with Crippen LogP contribution in [0.4, 0.5) is 8.78 Å². The molecule has 0 fully saturated rings. The molecule has 0 aromatic heterocycles. The van der Waals surface area contributed by atoms with E-state index in [-0.39, 0.29) is 5.75 Å². The normalized spacial score (nSPS) is 10.7. The summed E-state index contributed by atoms with van der Waals surface area (Å²) < 4.78 is 31.1. The fourth-order valence-corrected chi connectivity index (χ4v) is 0.978. The van der Waals surface area contributed by atoms with E-state index in [2.05, 4.69) is 0 Å². The van der Waals surface area contributed by atoms with Crippen LogP contribution in [0, 0.1) is 11.6 Å². The molecule has 0 saturated heterocycles. The van der Waals surface area contributed by atoms with Crippen LogP contribution in [-0.2, 0) is 0 Å². The zero-order valence-electron chi connectivity index (χ0n) is 7.95. The van der Waals surface area contributed by atoms with Crippen molar-refractivity contribution in [2.24, 2.45) is 0 Å². The molecule has 3 nitrogen and oxygen atoms in total. The second kappa shape index (κ2) is 4.90. The van der Waals surface area contributed by atoms with Gasteiger partial charge in [-0.05, 0) is 13.0 Å². The summed E-state index contributed by atoms with van der Waals surface area (Å²) in [7, 11) is -2.05. The SMILES string of the molecule is CC=COc1ccc(B(O)O)c(F)c1F. The van der Waals surface area contributed by atoms with E-state index in [1.54, 1.807) is 6.92 Å². The Hall–Kier alpha value is -1.40. The molecule has 15 heavy (non-hydrogen) atoms. The molecular weight excluding hydrogens is 205 g/mol. The molecule has 6 heteroatoms. The Labute approximate surface area is 85.8 Å². The molecule has 2 N–H and O–H groups in total. The molecule has 0 aliphatic heterocycles. The van der Waals surface area contributed by atoms with E-state index in [9.17, 15) is 8.78 Å². The van der Waals surface area contributed by atoms with Crippen molar-refractivity contribution in [3.8, 4) is 5.75 Å². The number of rotatable bonds is 3. The Morgan fingerprint density at radius 3 is 2.47 bits per heavy atom. The van der Waals surface area contributed by atoms with Gasteiger partial charge in [-0.25, -0.2) is 4.39 Å². The van der Waals surface area contributed by atoms with Crippen LogP contribution in [0.3, 0.4) is 0 Å². The van der Waals surface area contributed by atoms with Crippen LogP contribution in [0.5, 0.6) is 5.75 Å².